The molecule has 0 aliphatic rings. The number of carbonyl (C=O) groups is 1. The highest BCUT2D eigenvalue weighted by atomic mass is 32.1. The number of nitrogens with one attached hydrogen (secondary N) is 2. The molecular weight excluding hydrogens is 280 g/mol. The number of carbonyl (C=O) groups excluding carboxylic acids is 1. The number of rotatable bonds is 4. The third-order valence-corrected chi connectivity index (χ3v) is 3.63. The molecule has 9 heteroatoms. The molecule has 0 fully saturated rings. The van der Waals surface area contributed by atoms with E-state index in [2.05, 4.69) is 20.8 Å². The molecule has 0 aromatic carbocycles. The van der Waals surface area contributed by atoms with Crippen molar-refractivity contribution in [1.82, 2.24) is 15.5 Å². The molecule has 2 heterocycles. The number of aryl methyl sites for hydroxylation is 1. The Balaban J connectivity index is 2.23. The Morgan fingerprint density at radius 1 is 1.60 bits per heavy atom. The van der Waals surface area contributed by atoms with Crippen molar-refractivity contribution in [3.63, 3.8) is 0 Å². The number of nitrogen functional groups attached to an aromatic ring is 1. The first-order valence-corrected chi connectivity index (χ1v) is 6.46. The zero-order valence-corrected chi connectivity index (χ0v) is 11.7. The van der Waals surface area contributed by atoms with Crippen molar-refractivity contribution in [3.8, 4) is 6.07 Å². The van der Waals surface area contributed by atoms with Gasteiger partial charge in [0.25, 0.3) is 5.91 Å². The van der Waals surface area contributed by atoms with E-state index < -0.39 is 0 Å². The zero-order chi connectivity index (χ0) is 14.7. The zero-order valence-electron chi connectivity index (χ0n) is 10.9. The molecular formula is C11H12N6O2S. The van der Waals surface area contributed by atoms with Gasteiger partial charge < -0.3 is 20.9 Å². The molecule has 0 aliphatic carbocycles. The molecule has 0 saturated carbocycles. The number of amides is 1. The van der Waals surface area contributed by atoms with E-state index in [-0.39, 0.29) is 23.7 Å². The van der Waals surface area contributed by atoms with Gasteiger partial charge in [0.2, 0.25) is 5.89 Å². The third-order valence-electron chi connectivity index (χ3n) is 2.47. The summed E-state index contributed by atoms with van der Waals surface area (Å²) < 4.78 is 4.84. The Bertz CT molecular complexity index is 684. The lowest BCUT2D eigenvalue weighted by Gasteiger charge is -1.99. The van der Waals surface area contributed by atoms with Gasteiger partial charge in [0.1, 0.15) is 21.5 Å². The van der Waals surface area contributed by atoms with Gasteiger partial charge in [-0.15, -0.1) is 11.3 Å². The van der Waals surface area contributed by atoms with E-state index in [4.69, 9.17) is 15.5 Å². The molecule has 0 spiro atoms. The Hall–Kier alpha value is -2.60. The average Bonchev–Trinajstić information content (AvgIpc) is 2.99. The summed E-state index contributed by atoms with van der Waals surface area (Å²) >= 11 is 1.11. The second kappa shape index (κ2) is 5.58. The van der Waals surface area contributed by atoms with Gasteiger partial charge in [-0.25, -0.2) is 0 Å². The van der Waals surface area contributed by atoms with Crippen molar-refractivity contribution < 1.29 is 9.32 Å². The minimum atomic E-state index is -0.326. The summed E-state index contributed by atoms with van der Waals surface area (Å²) in [6, 6.07) is 1.98. The summed E-state index contributed by atoms with van der Waals surface area (Å²) in [7, 11) is 1.50. The molecule has 0 atom stereocenters. The third kappa shape index (κ3) is 2.55. The van der Waals surface area contributed by atoms with Crippen molar-refractivity contribution in [3.05, 3.63) is 22.2 Å². The largest absolute Gasteiger partial charge is 0.396 e. The molecule has 4 N–H and O–H groups in total. The lowest BCUT2D eigenvalue weighted by atomic mass is 10.2. The van der Waals surface area contributed by atoms with Crippen LogP contribution in [0.15, 0.2) is 4.52 Å². The molecule has 0 saturated heterocycles. The van der Waals surface area contributed by atoms with Crippen molar-refractivity contribution in [1.29, 1.82) is 5.26 Å². The molecule has 1 amide bonds. The van der Waals surface area contributed by atoms with Crippen LogP contribution in [-0.2, 0) is 6.54 Å². The minimum absolute atomic E-state index is 0.170. The van der Waals surface area contributed by atoms with Gasteiger partial charge in [0, 0.05) is 14.0 Å². The van der Waals surface area contributed by atoms with Crippen molar-refractivity contribution in [2.24, 2.45) is 0 Å². The molecule has 8 nitrogen and oxygen atoms in total. The highest BCUT2D eigenvalue weighted by molar-refractivity contribution is 7.18. The van der Waals surface area contributed by atoms with Gasteiger partial charge >= 0.3 is 0 Å². The summed E-state index contributed by atoms with van der Waals surface area (Å²) in [5.74, 6) is 0.589. The fourth-order valence-corrected chi connectivity index (χ4v) is 2.55. The number of anilines is 2. The van der Waals surface area contributed by atoms with E-state index in [1.54, 1.807) is 6.92 Å². The van der Waals surface area contributed by atoms with E-state index in [1.165, 1.54) is 7.05 Å². The molecule has 0 bridgehead atoms. The summed E-state index contributed by atoms with van der Waals surface area (Å²) in [5, 5.41) is 18.8. The van der Waals surface area contributed by atoms with Crippen LogP contribution in [0.2, 0.25) is 0 Å². The number of nitrogens with two attached hydrogens (primary N) is 1. The van der Waals surface area contributed by atoms with Crippen LogP contribution in [0.1, 0.15) is 27.0 Å². The van der Waals surface area contributed by atoms with Crippen LogP contribution in [0.25, 0.3) is 0 Å². The Morgan fingerprint density at radius 2 is 2.35 bits per heavy atom. The minimum Gasteiger partial charge on any atom is -0.396 e. The SMILES string of the molecule is CNC(=O)c1sc(NCc2noc(C)n2)c(C#N)c1N. The smallest absolute Gasteiger partial charge is 0.263 e. The van der Waals surface area contributed by atoms with Gasteiger partial charge in [-0.1, -0.05) is 5.16 Å². The Kier molecular flexibility index (Phi) is 3.86. The second-order valence-electron chi connectivity index (χ2n) is 3.82. The maximum atomic E-state index is 11.6. The van der Waals surface area contributed by atoms with E-state index in [0.717, 1.165) is 11.3 Å². The van der Waals surface area contributed by atoms with E-state index in [0.29, 0.717) is 21.6 Å². The average molecular weight is 292 g/mol. The first-order chi connectivity index (χ1) is 9.56. The second-order valence-corrected chi connectivity index (χ2v) is 4.84. The normalized spacial score (nSPS) is 10.1. The van der Waals surface area contributed by atoms with Gasteiger partial charge in [-0.05, 0) is 0 Å². The Labute approximate surface area is 118 Å². The van der Waals surface area contributed by atoms with Crippen LogP contribution < -0.4 is 16.4 Å². The summed E-state index contributed by atoms with van der Waals surface area (Å²) in [5.41, 5.74) is 6.22. The summed E-state index contributed by atoms with van der Waals surface area (Å²) in [6.07, 6.45) is 0. The predicted molar refractivity (Wildman–Crippen MR) is 73.2 cm³/mol. The maximum Gasteiger partial charge on any atom is 0.263 e. The number of thiophene rings is 1. The molecule has 0 unspecified atom stereocenters. The first kappa shape index (κ1) is 13.8. The highest BCUT2D eigenvalue weighted by Gasteiger charge is 2.20. The van der Waals surface area contributed by atoms with Crippen molar-refractivity contribution in [2.75, 3.05) is 18.1 Å². The molecule has 20 heavy (non-hydrogen) atoms. The number of nitriles is 1. The van der Waals surface area contributed by atoms with Gasteiger partial charge in [0.05, 0.1) is 12.2 Å². The number of aromatic nitrogens is 2. The lowest BCUT2D eigenvalue weighted by Crippen LogP contribution is -2.17. The molecule has 0 radical (unpaired) electrons. The number of hydrogen-bond donors (Lipinski definition) is 3. The topological polar surface area (TPSA) is 130 Å². The maximum absolute atomic E-state index is 11.6. The van der Waals surface area contributed by atoms with E-state index >= 15 is 0 Å². The lowest BCUT2D eigenvalue weighted by molar-refractivity contribution is 0.0968. The van der Waals surface area contributed by atoms with Gasteiger partial charge in [-0.3, -0.25) is 4.79 Å². The number of hydrogen-bond acceptors (Lipinski definition) is 8. The fraction of sp³-hybridized carbons (Fsp3) is 0.273. The van der Waals surface area contributed by atoms with Crippen molar-refractivity contribution in [2.45, 2.75) is 13.5 Å². The quantitative estimate of drug-likeness (QED) is 0.762. The Morgan fingerprint density at radius 3 is 2.90 bits per heavy atom. The van der Waals surface area contributed by atoms with Crippen LogP contribution in [0.4, 0.5) is 10.7 Å². The monoisotopic (exact) mass is 292 g/mol. The predicted octanol–water partition coefficient (Wildman–Crippen LogP) is 0.865. The van der Waals surface area contributed by atoms with Crippen molar-refractivity contribution >= 4 is 27.9 Å². The molecule has 2 aromatic heterocycles. The first-order valence-electron chi connectivity index (χ1n) is 5.64. The standard InChI is InChI=1S/C11H12N6O2S/c1-5-16-7(17-19-5)4-15-11-6(3-12)8(13)9(20-11)10(18)14-2/h15H,4,13H2,1-2H3,(H,14,18). The van der Waals surface area contributed by atoms with Crippen LogP contribution >= 0.6 is 11.3 Å². The summed E-state index contributed by atoms with van der Waals surface area (Å²) in [6.45, 7) is 1.96. The highest BCUT2D eigenvalue weighted by Crippen LogP contribution is 2.35. The molecule has 2 rings (SSSR count). The molecule has 0 aliphatic heterocycles. The van der Waals surface area contributed by atoms with Gasteiger partial charge in [-0.2, -0.15) is 10.2 Å². The molecule has 2 aromatic rings. The number of nitrogens with zero attached hydrogens (tertiary/aromatic N) is 3. The van der Waals surface area contributed by atoms with Crippen LogP contribution in [0.5, 0.6) is 0 Å². The van der Waals surface area contributed by atoms with Crippen LogP contribution in [0, 0.1) is 18.3 Å². The van der Waals surface area contributed by atoms with Crippen LogP contribution in [-0.4, -0.2) is 23.1 Å². The summed E-state index contributed by atoms with van der Waals surface area (Å²) in [4.78, 5) is 16.0. The fourth-order valence-electron chi connectivity index (χ4n) is 1.53. The molecule has 104 valence electrons. The van der Waals surface area contributed by atoms with Gasteiger partial charge in [0.15, 0.2) is 5.82 Å². The van der Waals surface area contributed by atoms with E-state index in [1.807, 2.05) is 6.07 Å². The van der Waals surface area contributed by atoms with E-state index in [9.17, 15) is 4.79 Å². The van der Waals surface area contributed by atoms with Crippen LogP contribution in [0.3, 0.4) is 0 Å².